The molecule has 1 aromatic rings. The molecule has 92 valence electrons. The summed E-state index contributed by atoms with van der Waals surface area (Å²) >= 11 is 6.00. The molecule has 5 heteroatoms. The number of hydrogen-bond acceptors (Lipinski definition) is 2. The van der Waals surface area contributed by atoms with Gasteiger partial charge in [0.05, 0.1) is 13.2 Å². The smallest absolute Gasteiger partial charge is 0.322 e. The number of benzene rings is 1. The number of ether oxygens (including phenoxy) is 1. The number of morpholine rings is 1. The Balaban J connectivity index is 2.04. The largest absolute Gasteiger partial charge is 0.378 e. The van der Waals surface area contributed by atoms with Gasteiger partial charge in [-0.2, -0.15) is 0 Å². The number of carbonyl (C=O) groups excluding carboxylic acids is 1. The lowest BCUT2D eigenvalue weighted by Gasteiger charge is -2.27. The predicted octanol–water partition coefficient (Wildman–Crippen LogP) is 2.51. The monoisotopic (exact) mass is 254 g/mol. The Morgan fingerprint density at radius 2 is 2.12 bits per heavy atom. The van der Waals surface area contributed by atoms with E-state index >= 15 is 0 Å². The molecule has 1 fully saturated rings. The normalized spacial score (nSPS) is 15.8. The van der Waals surface area contributed by atoms with Crippen LogP contribution in [0, 0.1) is 6.92 Å². The third-order valence-electron chi connectivity index (χ3n) is 2.81. The standard InChI is InChI=1S/C12H15ClN2O2/c1-9-10(13)3-2-4-11(9)14-12(16)15-5-7-17-8-6-15/h2-4H,5-8H2,1H3,(H,14,16). The fourth-order valence-electron chi connectivity index (χ4n) is 1.70. The second-order valence-corrected chi connectivity index (χ2v) is 4.35. The van der Waals surface area contributed by atoms with Crippen LogP contribution in [0.2, 0.25) is 5.02 Å². The zero-order chi connectivity index (χ0) is 12.3. The lowest BCUT2D eigenvalue weighted by Crippen LogP contribution is -2.43. The molecule has 0 radical (unpaired) electrons. The van der Waals surface area contributed by atoms with Crippen LogP contribution in [0.15, 0.2) is 18.2 Å². The van der Waals surface area contributed by atoms with Crippen molar-refractivity contribution in [2.75, 3.05) is 31.6 Å². The van der Waals surface area contributed by atoms with E-state index in [9.17, 15) is 4.79 Å². The molecule has 17 heavy (non-hydrogen) atoms. The van der Waals surface area contributed by atoms with E-state index in [1.54, 1.807) is 11.0 Å². The molecule has 2 amide bonds. The fraction of sp³-hybridized carbons (Fsp3) is 0.417. The summed E-state index contributed by atoms with van der Waals surface area (Å²) in [6, 6.07) is 5.38. The third kappa shape index (κ3) is 2.90. The van der Waals surface area contributed by atoms with Crippen LogP contribution >= 0.6 is 11.6 Å². The number of urea groups is 1. The Kier molecular flexibility index (Phi) is 3.86. The Morgan fingerprint density at radius 1 is 1.41 bits per heavy atom. The van der Waals surface area contributed by atoms with Gasteiger partial charge in [-0.25, -0.2) is 4.79 Å². The quantitative estimate of drug-likeness (QED) is 0.837. The van der Waals surface area contributed by atoms with Gasteiger partial charge >= 0.3 is 6.03 Å². The highest BCUT2D eigenvalue weighted by Gasteiger charge is 2.17. The molecule has 0 unspecified atom stereocenters. The van der Waals surface area contributed by atoms with Crippen molar-refractivity contribution in [1.29, 1.82) is 0 Å². The molecule has 0 spiro atoms. The maximum absolute atomic E-state index is 11.9. The van der Waals surface area contributed by atoms with Gasteiger partial charge in [0.25, 0.3) is 0 Å². The van der Waals surface area contributed by atoms with E-state index in [0.717, 1.165) is 11.3 Å². The number of rotatable bonds is 1. The lowest BCUT2D eigenvalue weighted by atomic mass is 10.2. The highest BCUT2D eigenvalue weighted by Crippen LogP contribution is 2.23. The average molecular weight is 255 g/mol. The number of carbonyl (C=O) groups is 1. The number of nitrogens with one attached hydrogen (secondary N) is 1. The molecule has 4 nitrogen and oxygen atoms in total. The van der Waals surface area contributed by atoms with Gasteiger partial charge in [0, 0.05) is 23.8 Å². The van der Waals surface area contributed by atoms with Crippen molar-refractivity contribution >= 4 is 23.3 Å². The molecule has 2 rings (SSSR count). The summed E-state index contributed by atoms with van der Waals surface area (Å²) in [4.78, 5) is 13.7. The van der Waals surface area contributed by atoms with Crippen molar-refractivity contribution in [3.8, 4) is 0 Å². The molecule has 1 saturated heterocycles. The van der Waals surface area contributed by atoms with Crippen LogP contribution in [0.3, 0.4) is 0 Å². The van der Waals surface area contributed by atoms with Crippen molar-refractivity contribution in [3.63, 3.8) is 0 Å². The van der Waals surface area contributed by atoms with Gasteiger partial charge < -0.3 is 15.0 Å². The molecule has 0 aliphatic carbocycles. The minimum Gasteiger partial charge on any atom is -0.378 e. The summed E-state index contributed by atoms with van der Waals surface area (Å²) < 4.78 is 5.20. The molecule has 0 aromatic heterocycles. The lowest BCUT2D eigenvalue weighted by molar-refractivity contribution is 0.0564. The van der Waals surface area contributed by atoms with Gasteiger partial charge in [-0.05, 0) is 24.6 Å². The summed E-state index contributed by atoms with van der Waals surface area (Å²) in [6.07, 6.45) is 0. The first-order chi connectivity index (χ1) is 8.18. The molecular weight excluding hydrogens is 240 g/mol. The van der Waals surface area contributed by atoms with Crippen LogP contribution in [-0.2, 0) is 4.74 Å². The summed E-state index contributed by atoms with van der Waals surface area (Å²) in [5, 5.41) is 3.52. The summed E-state index contributed by atoms with van der Waals surface area (Å²) in [6.45, 7) is 4.35. The van der Waals surface area contributed by atoms with Crippen LogP contribution in [0.5, 0.6) is 0 Å². The van der Waals surface area contributed by atoms with E-state index in [-0.39, 0.29) is 6.03 Å². The molecular formula is C12H15ClN2O2. The number of nitrogens with zero attached hydrogens (tertiary/aromatic N) is 1. The summed E-state index contributed by atoms with van der Waals surface area (Å²) in [5.41, 5.74) is 1.64. The van der Waals surface area contributed by atoms with Gasteiger partial charge in [-0.15, -0.1) is 0 Å². The predicted molar refractivity (Wildman–Crippen MR) is 67.6 cm³/mol. The van der Waals surface area contributed by atoms with E-state index in [2.05, 4.69) is 5.32 Å². The average Bonchev–Trinajstić information content (AvgIpc) is 2.36. The fourth-order valence-corrected chi connectivity index (χ4v) is 1.88. The van der Waals surface area contributed by atoms with Crippen molar-refractivity contribution in [3.05, 3.63) is 28.8 Å². The van der Waals surface area contributed by atoms with Gasteiger partial charge in [0.1, 0.15) is 0 Å². The Bertz CT molecular complexity index is 417. The molecule has 1 aromatic carbocycles. The van der Waals surface area contributed by atoms with Gasteiger partial charge in [-0.1, -0.05) is 17.7 Å². The zero-order valence-corrected chi connectivity index (χ0v) is 10.5. The molecule has 1 N–H and O–H groups in total. The highest BCUT2D eigenvalue weighted by atomic mass is 35.5. The van der Waals surface area contributed by atoms with Crippen LogP contribution in [0.1, 0.15) is 5.56 Å². The van der Waals surface area contributed by atoms with Gasteiger partial charge in [-0.3, -0.25) is 0 Å². The minimum atomic E-state index is -0.0985. The topological polar surface area (TPSA) is 41.6 Å². The van der Waals surface area contributed by atoms with E-state index in [1.165, 1.54) is 0 Å². The molecule has 1 aliphatic rings. The van der Waals surface area contributed by atoms with E-state index < -0.39 is 0 Å². The number of amides is 2. The van der Waals surface area contributed by atoms with Crippen LogP contribution in [0.4, 0.5) is 10.5 Å². The first-order valence-electron chi connectivity index (χ1n) is 5.57. The number of hydrogen-bond donors (Lipinski definition) is 1. The molecule has 1 heterocycles. The Morgan fingerprint density at radius 3 is 2.82 bits per heavy atom. The molecule has 1 aliphatic heterocycles. The zero-order valence-electron chi connectivity index (χ0n) is 9.70. The van der Waals surface area contributed by atoms with E-state index in [0.29, 0.717) is 31.3 Å². The SMILES string of the molecule is Cc1c(Cl)cccc1NC(=O)N1CCOCC1. The van der Waals surface area contributed by atoms with Crippen LogP contribution < -0.4 is 5.32 Å². The second kappa shape index (κ2) is 5.38. The second-order valence-electron chi connectivity index (χ2n) is 3.94. The van der Waals surface area contributed by atoms with Crippen LogP contribution in [-0.4, -0.2) is 37.2 Å². The van der Waals surface area contributed by atoms with Crippen molar-refractivity contribution in [1.82, 2.24) is 4.90 Å². The van der Waals surface area contributed by atoms with E-state index in [4.69, 9.17) is 16.3 Å². The maximum Gasteiger partial charge on any atom is 0.322 e. The van der Waals surface area contributed by atoms with Gasteiger partial charge in [0.15, 0.2) is 0 Å². The summed E-state index contributed by atoms with van der Waals surface area (Å²) in [7, 11) is 0. The Hall–Kier alpha value is -1.26. The van der Waals surface area contributed by atoms with Crippen molar-refractivity contribution in [2.45, 2.75) is 6.92 Å². The maximum atomic E-state index is 11.9. The van der Waals surface area contributed by atoms with Gasteiger partial charge in [0.2, 0.25) is 0 Å². The first kappa shape index (κ1) is 12.2. The van der Waals surface area contributed by atoms with E-state index in [1.807, 2.05) is 19.1 Å². The summed E-state index contributed by atoms with van der Waals surface area (Å²) in [5.74, 6) is 0. The van der Waals surface area contributed by atoms with Crippen LogP contribution in [0.25, 0.3) is 0 Å². The molecule has 0 saturated carbocycles. The molecule has 0 bridgehead atoms. The minimum absolute atomic E-state index is 0.0985. The highest BCUT2D eigenvalue weighted by molar-refractivity contribution is 6.31. The molecule has 0 atom stereocenters. The Labute approximate surface area is 106 Å². The first-order valence-corrected chi connectivity index (χ1v) is 5.95. The number of halogens is 1. The number of anilines is 1. The van der Waals surface area contributed by atoms with Crippen molar-refractivity contribution in [2.24, 2.45) is 0 Å². The third-order valence-corrected chi connectivity index (χ3v) is 3.22. The van der Waals surface area contributed by atoms with Crippen molar-refractivity contribution < 1.29 is 9.53 Å².